The van der Waals surface area contributed by atoms with Crippen LogP contribution in [0.2, 0.25) is 0 Å². The van der Waals surface area contributed by atoms with Crippen LogP contribution in [-0.4, -0.2) is 22.6 Å². The van der Waals surface area contributed by atoms with Crippen molar-refractivity contribution in [3.63, 3.8) is 0 Å². The number of azo groups is 1. The number of carbonyl (C=O) groups excluding carboxylic acids is 2. The second-order valence-electron chi connectivity index (χ2n) is 4.19. The van der Waals surface area contributed by atoms with E-state index in [1.807, 2.05) is 24.3 Å². The maximum absolute atomic E-state index is 11.3. The lowest BCUT2D eigenvalue weighted by molar-refractivity contribution is -0.126. The molecule has 1 heterocycles. The fourth-order valence-electron chi connectivity index (χ4n) is 1.74. The summed E-state index contributed by atoms with van der Waals surface area (Å²) in [5, 5.41) is 8.76. The molecule has 96 valence electrons. The number of aromatic nitrogens is 1. The van der Waals surface area contributed by atoms with Gasteiger partial charge >= 0.3 is 0 Å². The molecular weight excluding hydrogens is 242 g/mol. The smallest absolute Gasteiger partial charge is 0.187 e. The maximum Gasteiger partial charge on any atom is 0.187 e. The van der Waals surface area contributed by atoms with Gasteiger partial charge in [-0.3, -0.25) is 14.6 Å². The van der Waals surface area contributed by atoms with Gasteiger partial charge in [-0.05, 0) is 26.0 Å². The van der Waals surface area contributed by atoms with Gasteiger partial charge in [-0.1, -0.05) is 18.2 Å². The molecule has 1 aromatic heterocycles. The van der Waals surface area contributed by atoms with Crippen LogP contribution in [0, 0.1) is 0 Å². The number of hydrogen-bond donors (Lipinski definition) is 0. The number of para-hydroxylation sites is 1. The molecule has 2 aromatic rings. The van der Waals surface area contributed by atoms with E-state index in [9.17, 15) is 9.59 Å². The van der Waals surface area contributed by atoms with Crippen LogP contribution in [0.1, 0.15) is 13.8 Å². The van der Waals surface area contributed by atoms with Crippen molar-refractivity contribution in [2.75, 3.05) is 0 Å². The van der Waals surface area contributed by atoms with E-state index in [4.69, 9.17) is 0 Å². The molecule has 0 N–H and O–H groups in total. The number of benzene rings is 1. The zero-order valence-electron chi connectivity index (χ0n) is 10.7. The van der Waals surface area contributed by atoms with Crippen LogP contribution in [0.15, 0.2) is 46.8 Å². The van der Waals surface area contributed by atoms with Crippen molar-refractivity contribution < 1.29 is 9.59 Å². The Kier molecular flexibility index (Phi) is 3.75. The van der Waals surface area contributed by atoms with Crippen molar-refractivity contribution in [3.8, 4) is 0 Å². The first-order chi connectivity index (χ1) is 9.09. The summed E-state index contributed by atoms with van der Waals surface area (Å²) in [7, 11) is 0. The number of Topliss-reactive ketones (excluding diaryl/α,β-unsaturated/α-hetero) is 2. The molecule has 0 aliphatic rings. The molecule has 0 bridgehead atoms. The monoisotopic (exact) mass is 255 g/mol. The lowest BCUT2D eigenvalue weighted by Crippen LogP contribution is -2.23. The molecule has 0 saturated carbocycles. The Balaban J connectivity index is 2.40. The lowest BCUT2D eigenvalue weighted by atomic mass is 10.1. The van der Waals surface area contributed by atoms with Gasteiger partial charge in [0.25, 0.3) is 0 Å². The molecule has 0 radical (unpaired) electrons. The zero-order valence-corrected chi connectivity index (χ0v) is 10.7. The van der Waals surface area contributed by atoms with Crippen LogP contribution in [0.25, 0.3) is 10.9 Å². The van der Waals surface area contributed by atoms with Gasteiger partial charge in [0.1, 0.15) is 5.69 Å². The largest absolute Gasteiger partial charge is 0.297 e. The lowest BCUT2D eigenvalue weighted by Gasteiger charge is -2.03. The normalized spacial score (nSPS) is 11.3. The van der Waals surface area contributed by atoms with Gasteiger partial charge < -0.3 is 0 Å². The highest BCUT2D eigenvalue weighted by Gasteiger charge is 2.18. The Labute approximate surface area is 110 Å². The summed E-state index contributed by atoms with van der Waals surface area (Å²) >= 11 is 0. The fourth-order valence-corrected chi connectivity index (χ4v) is 1.74. The van der Waals surface area contributed by atoms with Gasteiger partial charge in [0, 0.05) is 11.6 Å². The van der Waals surface area contributed by atoms with E-state index in [2.05, 4.69) is 15.2 Å². The van der Waals surface area contributed by atoms with Gasteiger partial charge in [0.2, 0.25) is 0 Å². The Bertz CT molecular complexity index is 645. The van der Waals surface area contributed by atoms with Crippen LogP contribution in [-0.2, 0) is 9.59 Å². The highest BCUT2D eigenvalue weighted by Crippen LogP contribution is 2.24. The average Bonchev–Trinajstić information content (AvgIpc) is 2.38. The summed E-state index contributed by atoms with van der Waals surface area (Å²) in [5.41, 5.74) is 1.24. The van der Waals surface area contributed by atoms with Crippen molar-refractivity contribution in [1.29, 1.82) is 0 Å². The minimum atomic E-state index is -1.03. The SMILES string of the molecule is CC(=O)C(N=Nc1cccc2cccnc12)C(C)=O. The first kappa shape index (κ1) is 13.0. The molecule has 5 nitrogen and oxygen atoms in total. The molecule has 1 aromatic carbocycles. The Hall–Kier alpha value is -2.43. The number of rotatable bonds is 4. The Morgan fingerprint density at radius 3 is 2.47 bits per heavy atom. The van der Waals surface area contributed by atoms with E-state index < -0.39 is 6.04 Å². The average molecular weight is 255 g/mol. The van der Waals surface area contributed by atoms with E-state index in [-0.39, 0.29) is 11.6 Å². The summed E-state index contributed by atoms with van der Waals surface area (Å²) in [6.07, 6.45) is 1.66. The highest BCUT2D eigenvalue weighted by molar-refractivity contribution is 6.04. The van der Waals surface area contributed by atoms with Gasteiger partial charge in [0.15, 0.2) is 17.6 Å². The van der Waals surface area contributed by atoms with Crippen LogP contribution in [0.3, 0.4) is 0 Å². The number of nitrogens with zero attached hydrogens (tertiary/aromatic N) is 3. The molecule has 2 rings (SSSR count). The highest BCUT2D eigenvalue weighted by atomic mass is 16.2. The van der Waals surface area contributed by atoms with Gasteiger partial charge in [0.05, 0.1) is 5.52 Å². The van der Waals surface area contributed by atoms with Gasteiger partial charge in [-0.15, -0.1) is 0 Å². The molecule has 0 spiro atoms. The fraction of sp³-hybridized carbons (Fsp3) is 0.214. The van der Waals surface area contributed by atoms with Crippen molar-refractivity contribution in [2.45, 2.75) is 19.9 Å². The van der Waals surface area contributed by atoms with Crippen molar-refractivity contribution >= 4 is 28.2 Å². The van der Waals surface area contributed by atoms with Crippen molar-refractivity contribution in [3.05, 3.63) is 36.5 Å². The van der Waals surface area contributed by atoms with Crippen LogP contribution in [0.5, 0.6) is 0 Å². The standard InChI is InChI=1S/C14H13N3O2/c1-9(18)13(10(2)19)17-16-12-7-3-5-11-6-4-8-15-14(11)12/h3-8,13H,1-2H3. The summed E-state index contributed by atoms with van der Waals surface area (Å²) in [5.74, 6) is -0.631. The summed E-state index contributed by atoms with van der Waals surface area (Å²) in [6.45, 7) is 2.65. The van der Waals surface area contributed by atoms with Crippen LogP contribution >= 0.6 is 0 Å². The number of hydrogen-bond acceptors (Lipinski definition) is 5. The summed E-state index contributed by atoms with van der Waals surface area (Å²) in [4.78, 5) is 26.8. The molecule has 5 heteroatoms. The minimum absolute atomic E-state index is 0.315. The van der Waals surface area contributed by atoms with Crippen molar-refractivity contribution in [2.24, 2.45) is 10.2 Å². The third-order valence-corrected chi connectivity index (χ3v) is 2.66. The number of fused-ring (bicyclic) bond motifs is 1. The molecule has 0 aliphatic heterocycles. The van der Waals surface area contributed by atoms with E-state index in [1.165, 1.54) is 13.8 Å². The van der Waals surface area contributed by atoms with Gasteiger partial charge in [-0.25, -0.2) is 0 Å². The predicted octanol–water partition coefficient (Wildman–Crippen LogP) is 2.87. The van der Waals surface area contributed by atoms with Crippen molar-refractivity contribution in [1.82, 2.24) is 4.98 Å². The first-order valence-electron chi connectivity index (χ1n) is 5.85. The molecule has 0 aliphatic carbocycles. The first-order valence-corrected chi connectivity index (χ1v) is 5.85. The third-order valence-electron chi connectivity index (χ3n) is 2.66. The predicted molar refractivity (Wildman–Crippen MR) is 71.4 cm³/mol. The van der Waals surface area contributed by atoms with Crippen LogP contribution in [0.4, 0.5) is 5.69 Å². The quantitative estimate of drug-likeness (QED) is 0.623. The zero-order chi connectivity index (χ0) is 13.8. The topological polar surface area (TPSA) is 71.8 Å². The maximum atomic E-state index is 11.3. The second kappa shape index (κ2) is 5.48. The molecule has 19 heavy (non-hydrogen) atoms. The molecule has 0 fully saturated rings. The molecule has 0 unspecified atom stereocenters. The molecular formula is C14H13N3O2. The second-order valence-corrected chi connectivity index (χ2v) is 4.19. The Morgan fingerprint density at radius 1 is 1.11 bits per heavy atom. The molecule has 0 saturated heterocycles. The van der Waals surface area contributed by atoms with Gasteiger partial charge in [-0.2, -0.15) is 10.2 Å². The third kappa shape index (κ3) is 2.88. The number of ketones is 2. The molecule has 0 amide bonds. The summed E-state index contributed by atoms with van der Waals surface area (Å²) in [6, 6.07) is 8.20. The van der Waals surface area contributed by atoms with Crippen LogP contribution < -0.4 is 0 Å². The number of carbonyl (C=O) groups is 2. The number of pyridine rings is 1. The minimum Gasteiger partial charge on any atom is -0.297 e. The summed E-state index contributed by atoms with van der Waals surface area (Å²) < 4.78 is 0. The van der Waals surface area contributed by atoms with E-state index in [1.54, 1.807) is 12.3 Å². The van der Waals surface area contributed by atoms with E-state index in [0.717, 1.165) is 5.39 Å². The Morgan fingerprint density at radius 2 is 1.79 bits per heavy atom. The van der Waals surface area contributed by atoms with E-state index >= 15 is 0 Å². The molecule has 0 atom stereocenters. The van der Waals surface area contributed by atoms with E-state index in [0.29, 0.717) is 11.2 Å².